The van der Waals surface area contributed by atoms with Crippen LogP contribution in [-0.4, -0.2) is 24.5 Å². The highest BCUT2D eigenvalue weighted by Gasteiger charge is 2.26. The first kappa shape index (κ1) is 17.3. The van der Waals surface area contributed by atoms with Crippen molar-refractivity contribution in [3.8, 4) is 5.75 Å². The van der Waals surface area contributed by atoms with E-state index in [2.05, 4.69) is 20.4 Å². The van der Waals surface area contributed by atoms with Crippen molar-refractivity contribution in [2.24, 2.45) is 5.92 Å². The average Bonchev–Trinajstić information content (AvgIpc) is 2.93. The molecule has 0 radical (unpaired) electrons. The summed E-state index contributed by atoms with van der Waals surface area (Å²) in [7, 11) is 0. The van der Waals surface area contributed by atoms with Crippen LogP contribution in [0.5, 0.6) is 5.75 Å². The molecular formula is C19H24O4. The predicted molar refractivity (Wildman–Crippen MR) is 88.7 cm³/mol. The lowest BCUT2D eigenvalue weighted by Crippen LogP contribution is -2.20. The number of Topliss-reactive ketones (excluding diaryl/α,β-unsaturated/α-hetero) is 1. The molecule has 1 aromatic rings. The summed E-state index contributed by atoms with van der Waals surface area (Å²) in [6.07, 6.45) is 1.70. The Morgan fingerprint density at radius 2 is 2.13 bits per heavy atom. The van der Waals surface area contributed by atoms with Crippen molar-refractivity contribution in [3.63, 3.8) is 0 Å². The summed E-state index contributed by atoms with van der Waals surface area (Å²) < 4.78 is 11.1. The van der Waals surface area contributed by atoms with Crippen LogP contribution >= 0.6 is 0 Å². The number of hydrogen-bond acceptors (Lipinski definition) is 4. The Balaban J connectivity index is 1.85. The summed E-state index contributed by atoms with van der Waals surface area (Å²) in [5.74, 6) is 1.09. The van der Waals surface area contributed by atoms with E-state index in [1.165, 1.54) is 0 Å². The smallest absolute Gasteiger partial charge is 0.306 e. The first-order valence-electron chi connectivity index (χ1n) is 8.00. The van der Waals surface area contributed by atoms with Gasteiger partial charge in [-0.2, -0.15) is 0 Å². The molecule has 0 N–H and O–H groups in total. The maximum atomic E-state index is 11.7. The van der Waals surface area contributed by atoms with E-state index in [1.54, 1.807) is 13.0 Å². The summed E-state index contributed by atoms with van der Waals surface area (Å²) in [6.45, 7) is 9.85. The van der Waals surface area contributed by atoms with E-state index in [1.807, 2.05) is 12.1 Å². The molecule has 23 heavy (non-hydrogen) atoms. The first-order chi connectivity index (χ1) is 10.9. The Morgan fingerprint density at radius 3 is 2.78 bits per heavy atom. The zero-order chi connectivity index (χ0) is 17.0. The largest absolute Gasteiger partial charge is 0.485 e. The average molecular weight is 316 g/mol. The van der Waals surface area contributed by atoms with Crippen molar-refractivity contribution in [3.05, 3.63) is 41.5 Å². The van der Waals surface area contributed by atoms with Gasteiger partial charge in [0.1, 0.15) is 18.5 Å². The highest BCUT2D eigenvalue weighted by Crippen LogP contribution is 2.32. The van der Waals surface area contributed by atoms with Crippen LogP contribution in [0.2, 0.25) is 0 Å². The third-order valence-corrected chi connectivity index (χ3v) is 3.94. The maximum absolute atomic E-state index is 11.7. The highest BCUT2D eigenvalue weighted by molar-refractivity contribution is 5.94. The van der Waals surface area contributed by atoms with Gasteiger partial charge in [-0.25, -0.2) is 0 Å². The Labute approximate surface area is 137 Å². The van der Waals surface area contributed by atoms with Crippen LogP contribution < -0.4 is 4.74 Å². The lowest BCUT2D eigenvalue weighted by molar-refractivity contribution is -0.143. The van der Waals surface area contributed by atoms with Gasteiger partial charge in [0.2, 0.25) is 0 Å². The standard InChI is InChI=1S/C19H24O4/c1-12(2)5-8-19(21)22-11-13(3)18-10-16-9-15(14(4)20)6-7-17(16)23-18/h6-7,9,12,18H,3,5,8,10-11H2,1-2,4H3/t18-/m1/s1. The van der Waals surface area contributed by atoms with Crippen LogP contribution in [0.1, 0.15) is 49.5 Å². The fourth-order valence-electron chi connectivity index (χ4n) is 2.44. The summed E-state index contributed by atoms with van der Waals surface area (Å²) in [5.41, 5.74) is 2.41. The summed E-state index contributed by atoms with van der Waals surface area (Å²) in [5, 5.41) is 0. The minimum absolute atomic E-state index is 0.0363. The second-order valence-corrected chi connectivity index (χ2v) is 6.44. The Hall–Kier alpha value is -2.10. The molecule has 4 heteroatoms. The van der Waals surface area contributed by atoms with E-state index in [0.717, 1.165) is 23.3 Å². The van der Waals surface area contributed by atoms with Crippen molar-refractivity contribution < 1.29 is 19.1 Å². The molecule has 0 aromatic heterocycles. The van der Waals surface area contributed by atoms with Crippen LogP contribution in [-0.2, 0) is 16.0 Å². The lowest BCUT2D eigenvalue weighted by atomic mass is 10.0. The maximum Gasteiger partial charge on any atom is 0.306 e. The molecule has 2 rings (SSSR count). The van der Waals surface area contributed by atoms with E-state index in [-0.39, 0.29) is 24.5 Å². The number of carbonyl (C=O) groups excluding carboxylic acids is 2. The molecule has 0 fully saturated rings. The van der Waals surface area contributed by atoms with Crippen molar-refractivity contribution in [1.82, 2.24) is 0 Å². The number of rotatable bonds is 7. The van der Waals surface area contributed by atoms with Gasteiger partial charge in [-0.3, -0.25) is 9.59 Å². The van der Waals surface area contributed by atoms with E-state index < -0.39 is 0 Å². The number of benzene rings is 1. The van der Waals surface area contributed by atoms with Crippen LogP contribution in [0.25, 0.3) is 0 Å². The molecule has 0 unspecified atom stereocenters. The van der Waals surface area contributed by atoms with Crippen molar-refractivity contribution in [1.29, 1.82) is 0 Å². The van der Waals surface area contributed by atoms with Gasteiger partial charge in [-0.1, -0.05) is 20.4 Å². The molecule has 1 aromatic carbocycles. The van der Waals surface area contributed by atoms with Crippen molar-refractivity contribution in [2.45, 2.75) is 46.1 Å². The van der Waals surface area contributed by atoms with Crippen LogP contribution in [0.4, 0.5) is 0 Å². The SMILES string of the molecule is C=C(COC(=O)CCC(C)C)[C@H]1Cc2cc(C(C)=O)ccc2O1. The van der Waals surface area contributed by atoms with Gasteiger partial charge in [0, 0.05) is 24.0 Å². The Kier molecular flexibility index (Phi) is 5.59. The molecule has 124 valence electrons. The third-order valence-electron chi connectivity index (χ3n) is 3.94. The monoisotopic (exact) mass is 316 g/mol. The second-order valence-electron chi connectivity index (χ2n) is 6.44. The number of hydrogen-bond donors (Lipinski definition) is 0. The van der Waals surface area contributed by atoms with E-state index in [9.17, 15) is 9.59 Å². The molecule has 0 amide bonds. The van der Waals surface area contributed by atoms with Gasteiger partial charge in [-0.05, 0) is 43.0 Å². The Bertz CT molecular complexity index is 616. The van der Waals surface area contributed by atoms with Gasteiger partial charge in [0.15, 0.2) is 5.78 Å². The highest BCUT2D eigenvalue weighted by atomic mass is 16.5. The van der Waals surface area contributed by atoms with E-state index in [0.29, 0.717) is 24.3 Å². The summed E-state index contributed by atoms with van der Waals surface area (Å²) in [4.78, 5) is 23.1. The lowest BCUT2D eigenvalue weighted by Gasteiger charge is -2.14. The number of ketones is 1. The summed E-state index contributed by atoms with van der Waals surface area (Å²) >= 11 is 0. The van der Waals surface area contributed by atoms with Crippen molar-refractivity contribution >= 4 is 11.8 Å². The van der Waals surface area contributed by atoms with E-state index in [4.69, 9.17) is 9.47 Å². The van der Waals surface area contributed by atoms with Gasteiger partial charge >= 0.3 is 5.97 Å². The fraction of sp³-hybridized carbons (Fsp3) is 0.474. The van der Waals surface area contributed by atoms with Gasteiger partial charge in [0.25, 0.3) is 0 Å². The number of esters is 1. The quantitative estimate of drug-likeness (QED) is 0.437. The molecule has 1 aliphatic heterocycles. The molecule has 1 heterocycles. The zero-order valence-electron chi connectivity index (χ0n) is 14.1. The summed E-state index contributed by atoms with van der Waals surface area (Å²) in [6, 6.07) is 5.44. The predicted octanol–water partition coefficient (Wildman–Crippen LogP) is 3.73. The van der Waals surface area contributed by atoms with Crippen LogP contribution in [0, 0.1) is 5.92 Å². The second kappa shape index (κ2) is 7.44. The molecule has 1 atom stereocenters. The number of carbonyl (C=O) groups is 2. The van der Waals surface area contributed by atoms with Gasteiger partial charge in [-0.15, -0.1) is 0 Å². The molecule has 0 saturated carbocycles. The van der Waals surface area contributed by atoms with Gasteiger partial charge < -0.3 is 9.47 Å². The molecule has 0 saturated heterocycles. The molecule has 4 nitrogen and oxygen atoms in total. The number of ether oxygens (including phenoxy) is 2. The molecule has 0 spiro atoms. The van der Waals surface area contributed by atoms with Gasteiger partial charge in [0.05, 0.1) is 0 Å². The topological polar surface area (TPSA) is 52.6 Å². The van der Waals surface area contributed by atoms with E-state index >= 15 is 0 Å². The minimum Gasteiger partial charge on any atom is -0.485 e. The minimum atomic E-state index is -0.204. The van der Waals surface area contributed by atoms with Crippen LogP contribution in [0.3, 0.4) is 0 Å². The molecule has 0 bridgehead atoms. The zero-order valence-corrected chi connectivity index (χ0v) is 14.1. The molecule has 1 aliphatic rings. The molecule has 0 aliphatic carbocycles. The third kappa shape index (κ3) is 4.68. The molecular weight excluding hydrogens is 292 g/mol. The van der Waals surface area contributed by atoms with Crippen molar-refractivity contribution in [2.75, 3.05) is 6.61 Å². The normalized spacial score (nSPS) is 15.9. The van der Waals surface area contributed by atoms with Crippen LogP contribution in [0.15, 0.2) is 30.4 Å². The first-order valence-corrected chi connectivity index (χ1v) is 8.00. The Morgan fingerprint density at radius 1 is 1.39 bits per heavy atom. The number of fused-ring (bicyclic) bond motifs is 1. The fourth-order valence-corrected chi connectivity index (χ4v) is 2.44.